The maximum absolute atomic E-state index is 12.5. The van der Waals surface area contributed by atoms with Crippen LogP contribution in [0.15, 0.2) is 0 Å². The first kappa shape index (κ1) is 20.1. The Morgan fingerprint density at radius 2 is 1.68 bits per heavy atom. The number of ether oxygens (including phenoxy) is 1. The summed E-state index contributed by atoms with van der Waals surface area (Å²) in [5, 5.41) is 10.2. The Bertz CT molecular complexity index is 463. The molecule has 0 aromatic heterocycles. The lowest BCUT2D eigenvalue weighted by Gasteiger charge is -2.37. The minimum Gasteiger partial charge on any atom is -0.390 e. The van der Waals surface area contributed by atoms with Crippen molar-refractivity contribution in [3.63, 3.8) is 0 Å². The summed E-state index contributed by atoms with van der Waals surface area (Å²) >= 11 is 0. The van der Waals surface area contributed by atoms with E-state index in [9.17, 15) is 14.7 Å². The van der Waals surface area contributed by atoms with Crippen LogP contribution in [0.1, 0.15) is 40.0 Å². The topological polar surface area (TPSA) is 96.1 Å². The Balaban J connectivity index is 1.82. The van der Waals surface area contributed by atoms with Gasteiger partial charge < -0.3 is 25.4 Å². The number of likely N-dealkylation sites (tertiary alicyclic amines) is 2. The monoisotopic (exact) mass is 355 g/mol. The fraction of sp³-hybridized carbons (Fsp3) is 0.889. The maximum Gasteiger partial charge on any atom is 0.227 e. The zero-order valence-corrected chi connectivity index (χ0v) is 15.7. The lowest BCUT2D eigenvalue weighted by molar-refractivity contribution is -0.149. The maximum atomic E-state index is 12.5. The summed E-state index contributed by atoms with van der Waals surface area (Å²) in [6.07, 6.45) is 1.17. The molecule has 0 radical (unpaired) electrons. The standard InChI is InChI=1S/C18H33N3O4/c1-12(2)17(23)21-9-6-15(22)16(10-21)25-11-13(3)18(24)20-7-4-14(19)5-8-20/h12-16,22H,4-11,19H2,1-3H3. The predicted molar refractivity (Wildman–Crippen MR) is 94.7 cm³/mol. The molecule has 7 nitrogen and oxygen atoms in total. The van der Waals surface area contributed by atoms with Gasteiger partial charge in [-0.05, 0) is 19.3 Å². The van der Waals surface area contributed by atoms with Crippen molar-refractivity contribution in [1.29, 1.82) is 0 Å². The van der Waals surface area contributed by atoms with E-state index in [1.165, 1.54) is 0 Å². The van der Waals surface area contributed by atoms with E-state index in [0.717, 1.165) is 12.8 Å². The largest absolute Gasteiger partial charge is 0.390 e. The third kappa shape index (κ3) is 5.39. The molecule has 0 spiro atoms. The van der Waals surface area contributed by atoms with Crippen LogP contribution in [0.2, 0.25) is 0 Å². The molecule has 0 aromatic carbocycles. The summed E-state index contributed by atoms with van der Waals surface area (Å²) < 4.78 is 5.83. The van der Waals surface area contributed by atoms with Crippen LogP contribution >= 0.6 is 0 Å². The number of rotatable bonds is 5. The smallest absolute Gasteiger partial charge is 0.227 e. The molecule has 2 fully saturated rings. The van der Waals surface area contributed by atoms with Crippen LogP contribution in [0.3, 0.4) is 0 Å². The fourth-order valence-corrected chi connectivity index (χ4v) is 3.40. The summed E-state index contributed by atoms with van der Waals surface area (Å²) in [5.74, 6) is -0.179. The van der Waals surface area contributed by atoms with Gasteiger partial charge in [0.25, 0.3) is 0 Å². The number of nitrogens with zero attached hydrogens (tertiary/aromatic N) is 2. The Morgan fingerprint density at radius 1 is 1.08 bits per heavy atom. The predicted octanol–water partition coefficient (Wildman–Crippen LogP) is 0.207. The molecule has 3 atom stereocenters. The molecule has 25 heavy (non-hydrogen) atoms. The normalized spacial score (nSPS) is 26.8. The average Bonchev–Trinajstić information content (AvgIpc) is 2.60. The molecule has 3 N–H and O–H groups in total. The van der Waals surface area contributed by atoms with E-state index in [1.807, 2.05) is 25.7 Å². The van der Waals surface area contributed by atoms with Gasteiger partial charge in [-0.1, -0.05) is 20.8 Å². The van der Waals surface area contributed by atoms with Crippen molar-refractivity contribution in [1.82, 2.24) is 9.80 Å². The van der Waals surface area contributed by atoms with Crippen molar-refractivity contribution < 1.29 is 19.4 Å². The second-order valence-corrected chi connectivity index (χ2v) is 7.73. The van der Waals surface area contributed by atoms with Gasteiger partial charge in [-0.3, -0.25) is 9.59 Å². The molecule has 7 heteroatoms. The first-order chi connectivity index (χ1) is 11.8. The number of piperidine rings is 2. The van der Waals surface area contributed by atoms with Crippen LogP contribution < -0.4 is 5.73 Å². The first-order valence-electron chi connectivity index (χ1n) is 9.42. The van der Waals surface area contributed by atoms with E-state index in [0.29, 0.717) is 32.6 Å². The van der Waals surface area contributed by atoms with Gasteiger partial charge in [0.1, 0.15) is 6.10 Å². The second-order valence-electron chi connectivity index (χ2n) is 7.73. The molecule has 2 heterocycles. The highest BCUT2D eigenvalue weighted by Crippen LogP contribution is 2.18. The lowest BCUT2D eigenvalue weighted by Crippen LogP contribution is -2.52. The van der Waals surface area contributed by atoms with Gasteiger partial charge in [0.05, 0.1) is 18.6 Å². The van der Waals surface area contributed by atoms with Gasteiger partial charge in [-0.25, -0.2) is 0 Å². The second kappa shape index (κ2) is 8.96. The zero-order valence-electron chi connectivity index (χ0n) is 15.7. The van der Waals surface area contributed by atoms with Crippen molar-refractivity contribution >= 4 is 11.8 Å². The summed E-state index contributed by atoms with van der Waals surface area (Å²) in [4.78, 5) is 28.2. The van der Waals surface area contributed by atoms with Crippen molar-refractivity contribution in [2.24, 2.45) is 17.6 Å². The summed E-state index contributed by atoms with van der Waals surface area (Å²) in [7, 11) is 0. The van der Waals surface area contributed by atoms with Crippen molar-refractivity contribution in [2.75, 3.05) is 32.8 Å². The Kier molecular flexibility index (Phi) is 7.22. The highest BCUT2D eigenvalue weighted by Gasteiger charge is 2.33. The van der Waals surface area contributed by atoms with E-state index in [-0.39, 0.29) is 36.3 Å². The molecule has 2 rings (SSSR count). The third-order valence-corrected chi connectivity index (χ3v) is 5.16. The highest BCUT2D eigenvalue weighted by atomic mass is 16.5. The zero-order chi connectivity index (χ0) is 18.6. The van der Waals surface area contributed by atoms with E-state index in [4.69, 9.17) is 10.5 Å². The van der Waals surface area contributed by atoms with Crippen LogP contribution in [-0.4, -0.2) is 77.8 Å². The Morgan fingerprint density at radius 3 is 2.28 bits per heavy atom. The van der Waals surface area contributed by atoms with Gasteiger partial charge in [0, 0.05) is 38.1 Å². The molecule has 3 unspecified atom stereocenters. The number of hydrogen-bond acceptors (Lipinski definition) is 5. The molecule has 0 bridgehead atoms. The van der Waals surface area contributed by atoms with Crippen molar-refractivity contribution in [3.8, 4) is 0 Å². The number of carbonyl (C=O) groups is 2. The van der Waals surface area contributed by atoms with Gasteiger partial charge >= 0.3 is 0 Å². The Labute approximate surface area is 150 Å². The van der Waals surface area contributed by atoms with Gasteiger partial charge in [0.2, 0.25) is 11.8 Å². The van der Waals surface area contributed by atoms with Crippen LogP contribution in [0.25, 0.3) is 0 Å². The van der Waals surface area contributed by atoms with Crippen molar-refractivity contribution in [3.05, 3.63) is 0 Å². The number of aliphatic hydroxyl groups is 1. The molecule has 144 valence electrons. The molecular weight excluding hydrogens is 322 g/mol. The van der Waals surface area contributed by atoms with Crippen molar-refractivity contribution in [2.45, 2.75) is 58.3 Å². The van der Waals surface area contributed by atoms with E-state index in [2.05, 4.69) is 0 Å². The molecule has 2 saturated heterocycles. The molecule has 2 aliphatic heterocycles. The van der Waals surface area contributed by atoms with Gasteiger partial charge in [-0.2, -0.15) is 0 Å². The molecule has 0 aromatic rings. The number of aliphatic hydroxyl groups excluding tert-OH is 1. The molecule has 0 aliphatic carbocycles. The highest BCUT2D eigenvalue weighted by molar-refractivity contribution is 5.79. The van der Waals surface area contributed by atoms with Crippen LogP contribution in [0.5, 0.6) is 0 Å². The van der Waals surface area contributed by atoms with Crippen LogP contribution in [-0.2, 0) is 14.3 Å². The molecule has 2 aliphatic rings. The molecule has 0 saturated carbocycles. The summed E-state index contributed by atoms with van der Waals surface area (Å²) in [6, 6.07) is 0.192. The quantitative estimate of drug-likeness (QED) is 0.735. The van der Waals surface area contributed by atoms with Gasteiger partial charge in [-0.15, -0.1) is 0 Å². The van der Waals surface area contributed by atoms with Gasteiger partial charge in [0.15, 0.2) is 0 Å². The summed E-state index contributed by atoms with van der Waals surface area (Å²) in [5.41, 5.74) is 5.88. The minimum atomic E-state index is -0.591. The van der Waals surface area contributed by atoms with E-state index < -0.39 is 12.2 Å². The molecular formula is C18H33N3O4. The number of nitrogens with two attached hydrogens (primary N) is 1. The molecule has 2 amide bonds. The Hall–Kier alpha value is -1.18. The number of hydrogen-bond donors (Lipinski definition) is 2. The average molecular weight is 355 g/mol. The fourth-order valence-electron chi connectivity index (χ4n) is 3.40. The SMILES string of the molecule is CC(C)C(=O)N1CCC(O)C(OCC(C)C(=O)N2CCC(N)CC2)C1. The van der Waals surface area contributed by atoms with E-state index >= 15 is 0 Å². The van der Waals surface area contributed by atoms with Crippen LogP contribution in [0, 0.1) is 11.8 Å². The first-order valence-corrected chi connectivity index (χ1v) is 9.42. The number of carbonyl (C=O) groups excluding carboxylic acids is 2. The van der Waals surface area contributed by atoms with E-state index in [1.54, 1.807) is 4.90 Å². The third-order valence-electron chi connectivity index (χ3n) is 5.16. The lowest BCUT2D eigenvalue weighted by atomic mass is 10.0. The van der Waals surface area contributed by atoms with Crippen LogP contribution in [0.4, 0.5) is 0 Å². The summed E-state index contributed by atoms with van der Waals surface area (Å²) in [6.45, 7) is 8.19. The minimum absolute atomic E-state index is 0.0677. The number of amides is 2.